The van der Waals surface area contributed by atoms with Crippen molar-refractivity contribution in [2.45, 2.75) is 25.7 Å². The van der Waals surface area contributed by atoms with Crippen LogP contribution in [0.4, 0.5) is 0 Å². The molecule has 1 saturated heterocycles. The van der Waals surface area contributed by atoms with Crippen LogP contribution in [0.25, 0.3) is 0 Å². The third kappa shape index (κ3) is 9.19. The van der Waals surface area contributed by atoms with Crippen molar-refractivity contribution in [3.05, 3.63) is 0 Å². The summed E-state index contributed by atoms with van der Waals surface area (Å²) in [6.07, 6.45) is 5.51. The molecule has 0 aromatic heterocycles. The molecule has 1 N–H and O–H groups in total. The Balaban J connectivity index is 1.82. The number of nitrogens with zero attached hydrogens (tertiary/aromatic N) is 1. The van der Waals surface area contributed by atoms with Gasteiger partial charge < -0.3 is 14.7 Å². The Bertz CT molecular complexity index is 165. The number of likely N-dealkylation sites (tertiary alicyclic amines) is 1. The first-order chi connectivity index (χ1) is 8.43. The highest BCUT2D eigenvalue weighted by atomic mass is 33.1. The van der Waals surface area contributed by atoms with Gasteiger partial charge in [0.2, 0.25) is 0 Å². The molecule has 3 nitrogen and oxygen atoms in total. The van der Waals surface area contributed by atoms with E-state index in [1.54, 1.807) is 21.6 Å². The van der Waals surface area contributed by atoms with E-state index in [4.69, 9.17) is 9.84 Å². The second-order valence-corrected chi connectivity index (χ2v) is 6.94. The van der Waals surface area contributed by atoms with Crippen LogP contribution in [-0.2, 0) is 4.74 Å². The summed E-state index contributed by atoms with van der Waals surface area (Å²) >= 11 is 0. The maximum Gasteiger partial charge on any atom is 0.0593 e. The molecule has 17 heavy (non-hydrogen) atoms. The van der Waals surface area contributed by atoms with Crippen molar-refractivity contribution in [1.29, 1.82) is 0 Å². The van der Waals surface area contributed by atoms with Gasteiger partial charge >= 0.3 is 0 Å². The van der Waals surface area contributed by atoms with Crippen LogP contribution in [-0.4, -0.2) is 61.0 Å². The van der Waals surface area contributed by atoms with Crippen LogP contribution in [0.1, 0.15) is 25.7 Å². The molecule has 0 unspecified atom stereocenters. The van der Waals surface area contributed by atoms with Crippen LogP contribution in [0.15, 0.2) is 0 Å². The highest BCUT2D eigenvalue weighted by molar-refractivity contribution is 8.76. The van der Waals surface area contributed by atoms with Crippen molar-refractivity contribution < 1.29 is 9.84 Å². The van der Waals surface area contributed by atoms with Crippen molar-refractivity contribution in [2.75, 3.05) is 51.0 Å². The monoisotopic (exact) mass is 279 g/mol. The molecule has 1 rings (SSSR count). The maximum atomic E-state index is 8.60. The van der Waals surface area contributed by atoms with E-state index in [1.165, 1.54) is 38.8 Å². The number of hydrogen-bond acceptors (Lipinski definition) is 5. The van der Waals surface area contributed by atoms with Gasteiger partial charge in [-0.2, -0.15) is 0 Å². The molecule has 0 spiro atoms. The van der Waals surface area contributed by atoms with Crippen molar-refractivity contribution in [1.82, 2.24) is 4.90 Å². The first-order valence-corrected chi connectivity index (χ1v) is 9.07. The molecule has 102 valence electrons. The number of ether oxygens (including phenoxy) is 1. The SMILES string of the molecule is OCCSSCCOCCN1CCCCCC1. The largest absolute Gasteiger partial charge is 0.395 e. The quantitative estimate of drug-likeness (QED) is 0.517. The molecule has 0 amide bonds. The molecule has 0 bridgehead atoms. The van der Waals surface area contributed by atoms with Gasteiger partial charge in [0.25, 0.3) is 0 Å². The van der Waals surface area contributed by atoms with Crippen LogP contribution in [0.5, 0.6) is 0 Å². The number of hydrogen-bond donors (Lipinski definition) is 1. The van der Waals surface area contributed by atoms with Gasteiger partial charge in [0, 0.05) is 18.1 Å². The van der Waals surface area contributed by atoms with Crippen LogP contribution in [0, 0.1) is 0 Å². The van der Waals surface area contributed by atoms with E-state index >= 15 is 0 Å². The fourth-order valence-corrected chi connectivity index (χ4v) is 3.53. The van der Waals surface area contributed by atoms with E-state index in [2.05, 4.69) is 4.90 Å². The summed E-state index contributed by atoms with van der Waals surface area (Å²) in [5, 5.41) is 8.60. The van der Waals surface area contributed by atoms with Crippen molar-refractivity contribution in [3.8, 4) is 0 Å². The zero-order valence-electron chi connectivity index (χ0n) is 10.6. The molecular formula is C12H25NO2S2. The first-order valence-electron chi connectivity index (χ1n) is 6.59. The lowest BCUT2D eigenvalue weighted by molar-refractivity contribution is 0.116. The predicted octanol–water partition coefficient (Wildman–Crippen LogP) is 2.25. The van der Waals surface area contributed by atoms with Gasteiger partial charge in [-0.15, -0.1) is 0 Å². The summed E-state index contributed by atoms with van der Waals surface area (Å²) in [6.45, 7) is 5.57. The summed E-state index contributed by atoms with van der Waals surface area (Å²) in [5.41, 5.74) is 0. The van der Waals surface area contributed by atoms with Crippen molar-refractivity contribution in [2.24, 2.45) is 0 Å². The van der Waals surface area contributed by atoms with Crippen molar-refractivity contribution in [3.63, 3.8) is 0 Å². The molecule has 1 fully saturated rings. The van der Waals surface area contributed by atoms with Gasteiger partial charge in [-0.3, -0.25) is 0 Å². The van der Waals surface area contributed by atoms with Gasteiger partial charge in [-0.05, 0) is 25.9 Å². The Morgan fingerprint density at radius 1 is 0.941 bits per heavy atom. The van der Waals surface area contributed by atoms with Gasteiger partial charge in [-0.1, -0.05) is 34.4 Å². The van der Waals surface area contributed by atoms with E-state index in [-0.39, 0.29) is 6.61 Å². The first kappa shape index (κ1) is 15.6. The van der Waals surface area contributed by atoms with Gasteiger partial charge in [-0.25, -0.2) is 0 Å². The molecule has 0 saturated carbocycles. The summed E-state index contributed by atoms with van der Waals surface area (Å²) in [6, 6.07) is 0. The summed E-state index contributed by atoms with van der Waals surface area (Å²) < 4.78 is 5.62. The zero-order valence-corrected chi connectivity index (χ0v) is 12.2. The zero-order chi connectivity index (χ0) is 12.2. The van der Waals surface area contributed by atoms with Gasteiger partial charge in [0.1, 0.15) is 0 Å². The molecule has 1 aliphatic rings. The molecule has 0 atom stereocenters. The maximum absolute atomic E-state index is 8.60. The highest BCUT2D eigenvalue weighted by Crippen LogP contribution is 2.19. The minimum Gasteiger partial charge on any atom is -0.395 e. The molecule has 1 aliphatic heterocycles. The fraction of sp³-hybridized carbons (Fsp3) is 1.00. The topological polar surface area (TPSA) is 32.7 Å². The molecule has 0 aliphatic carbocycles. The molecule has 0 radical (unpaired) electrons. The second-order valence-electron chi connectivity index (χ2n) is 4.24. The molecular weight excluding hydrogens is 254 g/mol. The Morgan fingerprint density at radius 3 is 2.35 bits per heavy atom. The summed E-state index contributed by atoms with van der Waals surface area (Å²) in [4.78, 5) is 2.53. The third-order valence-corrected chi connectivity index (χ3v) is 5.17. The third-order valence-electron chi connectivity index (χ3n) is 2.82. The Labute approximate surface area is 113 Å². The molecule has 0 aromatic carbocycles. The van der Waals surface area contributed by atoms with Crippen LogP contribution in [0.2, 0.25) is 0 Å². The Morgan fingerprint density at radius 2 is 1.65 bits per heavy atom. The predicted molar refractivity (Wildman–Crippen MR) is 77.7 cm³/mol. The molecule has 0 aromatic rings. The fourth-order valence-electron chi connectivity index (χ4n) is 1.90. The lowest BCUT2D eigenvalue weighted by atomic mass is 10.2. The van der Waals surface area contributed by atoms with E-state index < -0.39 is 0 Å². The van der Waals surface area contributed by atoms with Crippen molar-refractivity contribution >= 4 is 21.6 Å². The Kier molecular flexibility index (Phi) is 10.7. The van der Waals surface area contributed by atoms with E-state index in [1.807, 2.05) is 0 Å². The lowest BCUT2D eigenvalue weighted by Gasteiger charge is -2.19. The smallest absolute Gasteiger partial charge is 0.0593 e. The lowest BCUT2D eigenvalue weighted by Crippen LogP contribution is -2.28. The number of aliphatic hydroxyl groups excluding tert-OH is 1. The minimum atomic E-state index is 0.271. The van der Waals surface area contributed by atoms with Crippen LogP contribution < -0.4 is 0 Å². The minimum absolute atomic E-state index is 0.271. The average molecular weight is 279 g/mol. The number of rotatable bonds is 9. The summed E-state index contributed by atoms with van der Waals surface area (Å²) in [7, 11) is 3.50. The van der Waals surface area contributed by atoms with E-state index in [0.717, 1.165) is 31.3 Å². The standard InChI is InChI=1S/C12H25NO2S2/c14-8-11-16-17-12-10-15-9-7-13-5-3-1-2-4-6-13/h14H,1-12H2. The van der Waals surface area contributed by atoms with E-state index in [9.17, 15) is 0 Å². The number of aliphatic hydroxyl groups is 1. The summed E-state index contributed by atoms with van der Waals surface area (Å²) in [5.74, 6) is 1.84. The van der Waals surface area contributed by atoms with Gasteiger partial charge in [0.15, 0.2) is 0 Å². The molecule has 1 heterocycles. The highest BCUT2D eigenvalue weighted by Gasteiger charge is 2.07. The van der Waals surface area contributed by atoms with Crippen LogP contribution >= 0.6 is 21.6 Å². The second kappa shape index (κ2) is 11.7. The van der Waals surface area contributed by atoms with E-state index in [0.29, 0.717) is 0 Å². The average Bonchev–Trinajstić information content (AvgIpc) is 2.61. The molecule has 5 heteroatoms. The van der Waals surface area contributed by atoms with Crippen LogP contribution in [0.3, 0.4) is 0 Å². The van der Waals surface area contributed by atoms with Gasteiger partial charge in [0.05, 0.1) is 19.8 Å². The Hall–Kier alpha value is 0.580. The normalized spacial score (nSPS) is 18.2.